The van der Waals surface area contributed by atoms with E-state index in [1.165, 1.54) is 6.33 Å². The van der Waals surface area contributed by atoms with Gasteiger partial charge >= 0.3 is 0 Å². The molecule has 3 heterocycles. The lowest BCUT2D eigenvalue weighted by Gasteiger charge is -2.27. The Bertz CT molecular complexity index is 1250. The molecule has 0 bridgehead atoms. The highest BCUT2D eigenvalue weighted by Gasteiger charge is 2.44. The minimum Gasteiger partial charge on any atom is -0.382 e. The van der Waals surface area contributed by atoms with Gasteiger partial charge in [0.15, 0.2) is 11.5 Å². The van der Waals surface area contributed by atoms with Gasteiger partial charge in [0, 0.05) is 30.4 Å². The minimum atomic E-state index is -0.947. The van der Waals surface area contributed by atoms with Crippen molar-refractivity contribution in [3.05, 3.63) is 41.7 Å². The van der Waals surface area contributed by atoms with Crippen molar-refractivity contribution in [2.75, 3.05) is 23.7 Å². The molecule has 1 saturated heterocycles. The summed E-state index contributed by atoms with van der Waals surface area (Å²) in [6, 6.07) is 3.61. The Balaban J connectivity index is 1.37. The Morgan fingerprint density at radius 1 is 1.21 bits per heavy atom. The zero-order valence-electron chi connectivity index (χ0n) is 18.3. The second-order valence-corrected chi connectivity index (χ2v) is 9.61. The van der Waals surface area contributed by atoms with Crippen LogP contribution in [0.5, 0.6) is 0 Å². The number of hydrogen-bond donors (Lipinski definition) is 3. The quantitative estimate of drug-likeness (QED) is 0.521. The number of nitrogen functional groups attached to an aromatic ring is 1. The molecule has 33 heavy (non-hydrogen) atoms. The van der Waals surface area contributed by atoms with E-state index in [1.54, 1.807) is 12.4 Å². The van der Waals surface area contributed by atoms with Gasteiger partial charge in [-0.05, 0) is 55.7 Å². The highest BCUT2D eigenvalue weighted by molar-refractivity contribution is 5.88. The van der Waals surface area contributed by atoms with Gasteiger partial charge in [-0.15, -0.1) is 0 Å². The van der Waals surface area contributed by atoms with Gasteiger partial charge in [0.1, 0.15) is 23.2 Å². The molecule has 1 atom stereocenters. The summed E-state index contributed by atoms with van der Waals surface area (Å²) >= 11 is 0. The molecule has 172 valence electrons. The minimum absolute atomic E-state index is 0.0913. The molecule has 1 amide bonds. The van der Waals surface area contributed by atoms with Gasteiger partial charge < -0.3 is 26.3 Å². The molecule has 9 nitrogen and oxygen atoms in total. The number of halogens is 1. The number of aromatic nitrogens is 4. The first-order valence-corrected chi connectivity index (χ1v) is 11.5. The van der Waals surface area contributed by atoms with E-state index in [2.05, 4.69) is 25.2 Å². The fraction of sp³-hybridized carbons (Fsp3) is 0.478. The summed E-state index contributed by atoms with van der Waals surface area (Å²) in [6.45, 7) is 1.43. The predicted octanol–water partition coefficient (Wildman–Crippen LogP) is 1.66. The molecule has 3 fully saturated rings. The van der Waals surface area contributed by atoms with Crippen molar-refractivity contribution in [1.82, 2.24) is 24.8 Å². The van der Waals surface area contributed by atoms with Crippen molar-refractivity contribution in [3.63, 3.8) is 0 Å². The Morgan fingerprint density at radius 2 is 2.03 bits per heavy atom. The van der Waals surface area contributed by atoms with Crippen molar-refractivity contribution in [2.45, 2.75) is 56.1 Å². The Kier molecular flexibility index (Phi) is 4.55. The summed E-state index contributed by atoms with van der Waals surface area (Å²) in [6.07, 6.45) is 7.61. The molecule has 2 aromatic heterocycles. The van der Waals surface area contributed by atoms with Gasteiger partial charge in [0.05, 0.1) is 12.9 Å². The Morgan fingerprint density at radius 3 is 2.79 bits per heavy atom. The van der Waals surface area contributed by atoms with Crippen molar-refractivity contribution >= 4 is 28.6 Å². The third-order valence-corrected chi connectivity index (χ3v) is 7.03. The summed E-state index contributed by atoms with van der Waals surface area (Å²) in [7, 11) is 0. The normalized spacial score (nSPS) is 22.8. The molecule has 3 aliphatic rings. The van der Waals surface area contributed by atoms with Gasteiger partial charge in [0.25, 0.3) is 0 Å². The molecule has 1 aromatic carbocycles. The zero-order chi connectivity index (χ0) is 22.7. The number of imidazole rings is 1. The van der Waals surface area contributed by atoms with Crippen LogP contribution in [0.1, 0.15) is 49.1 Å². The number of nitrogens with two attached hydrogens (primary N) is 2. The van der Waals surface area contributed by atoms with Gasteiger partial charge in [-0.1, -0.05) is 0 Å². The number of anilines is 2. The number of fused-ring (bicyclic) bond motifs is 1. The van der Waals surface area contributed by atoms with Crippen LogP contribution < -0.4 is 21.7 Å². The van der Waals surface area contributed by atoms with E-state index >= 15 is 4.39 Å². The first-order chi connectivity index (χ1) is 15.9. The molecule has 0 unspecified atom stereocenters. The van der Waals surface area contributed by atoms with E-state index in [-0.39, 0.29) is 23.7 Å². The van der Waals surface area contributed by atoms with E-state index < -0.39 is 5.54 Å². The average molecular weight is 451 g/mol. The van der Waals surface area contributed by atoms with E-state index in [9.17, 15) is 4.79 Å². The third-order valence-electron chi connectivity index (χ3n) is 7.03. The van der Waals surface area contributed by atoms with Crippen LogP contribution >= 0.6 is 0 Å². The fourth-order valence-corrected chi connectivity index (χ4v) is 4.87. The van der Waals surface area contributed by atoms with Crippen LogP contribution in [0.3, 0.4) is 0 Å². The lowest BCUT2D eigenvalue weighted by atomic mass is 9.98. The number of nitrogens with zero attached hydrogens (tertiary/aromatic N) is 5. The summed E-state index contributed by atoms with van der Waals surface area (Å²) in [5.74, 6) is 0.235. The average Bonchev–Trinajstić information content (AvgIpc) is 3.71. The third kappa shape index (κ3) is 3.58. The van der Waals surface area contributed by atoms with Crippen LogP contribution in [0.25, 0.3) is 11.2 Å². The first kappa shape index (κ1) is 20.3. The fourth-order valence-electron chi connectivity index (χ4n) is 4.87. The van der Waals surface area contributed by atoms with Crippen LogP contribution in [-0.2, 0) is 11.3 Å². The maximum Gasteiger partial charge on any atom is 0.242 e. The molecule has 10 heteroatoms. The SMILES string of the molecule is Nc1ncnc2c1ncn2Cc1c(N2CC[C@](N)(C(=O)NC3CC3)C2)ccc(F)c1C1CC1. The van der Waals surface area contributed by atoms with Crippen molar-refractivity contribution in [2.24, 2.45) is 5.73 Å². The predicted molar refractivity (Wildman–Crippen MR) is 122 cm³/mol. The zero-order valence-corrected chi connectivity index (χ0v) is 18.3. The number of benzene rings is 1. The standard InChI is InChI=1S/C23H27FN8O/c24-16-5-6-17(31-8-7-23(26,10-31)22(33)30-14-3-4-14)15(18(16)13-1-2-13)9-32-12-29-19-20(25)27-11-28-21(19)32/h5-6,11-14H,1-4,7-10,26H2,(H,30,33)(H2,25,27,28)/t23-/m1/s1. The molecule has 1 aliphatic heterocycles. The highest BCUT2D eigenvalue weighted by Crippen LogP contribution is 2.46. The van der Waals surface area contributed by atoms with Gasteiger partial charge in [-0.25, -0.2) is 19.3 Å². The Hall–Kier alpha value is -3.27. The van der Waals surface area contributed by atoms with Crippen LogP contribution in [0, 0.1) is 5.82 Å². The second-order valence-electron chi connectivity index (χ2n) is 9.61. The summed E-state index contributed by atoms with van der Waals surface area (Å²) in [4.78, 5) is 27.6. The molecule has 2 saturated carbocycles. The van der Waals surface area contributed by atoms with Crippen molar-refractivity contribution in [1.29, 1.82) is 0 Å². The largest absolute Gasteiger partial charge is 0.382 e. The molecule has 2 aliphatic carbocycles. The molecule has 6 rings (SSSR count). The highest BCUT2D eigenvalue weighted by atomic mass is 19.1. The molecule has 3 aromatic rings. The second kappa shape index (κ2) is 7.38. The maximum absolute atomic E-state index is 15.1. The van der Waals surface area contributed by atoms with Crippen LogP contribution in [0.15, 0.2) is 24.8 Å². The molecular weight excluding hydrogens is 423 g/mol. The lowest BCUT2D eigenvalue weighted by Crippen LogP contribution is -2.56. The summed E-state index contributed by atoms with van der Waals surface area (Å²) < 4.78 is 16.9. The van der Waals surface area contributed by atoms with Crippen LogP contribution in [-0.4, -0.2) is 50.1 Å². The summed E-state index contributed by atoms with van der Waals surface area (Å²) in [5.41, 5.74) is 15.2. The first-order valence-electron chi connectivity index (χ1n) is 11.5. The molecular formula is C23H27FN8O. The van der Waals surface area contributed by atoms with Crippen molar-refractivity contribution < 1.29 is 9.18 Å². The topological polar surface area (TPSA) is 128 Å². The molecule has 5 N–H and O–H groups in total. The number of rotatable bonds is 6. The van der Waals surface area contributed by atoms with E-state index in [4.69, 9.17) is 11.5 Å². The van der Waals surface area contributed by atoms with Gasteiger partial charge in [0.2, 0.25) is 5.91 Å². The summed E-state index contributed by atoms with van der Waals surface area (Å²) in [5, 5.41) is 3.04. The Labute approximate surface area is 190 Å². The lowest BCUT2D eigenvalue weighted by molar-refractivity contribution is -0.125. The smallest absolute Gasteiger partial charge is 0.242 e. The number of carbonyl (C=O) groups is 1. The number of nitrogens with one attached hydrogen (secondary N) is 1. The van der Waals surface area contributed by atoms with Gasteiger partial charge in [-0.2, -0.15) is 0 Å². The van der Waals surface area contributed by atoms with Crippen LogP contribution in [0.4, 0.5) is 15.9 Å². The van der Waals surface area contributed by atoms with E-state index in [0.29, 0.717) is 43.0 Å². The van der Waals surface area contributed by atoms with Crippen LogP contribution in [0.2, 0.25) is 0 Å². The molecule has 0 spiro atoms. The number of hydrogen-bond acceptors (Lipinski definition) is 7. The van der Waals surface area contributed by atoms with E-state index in [0.717, 1.165) is 42.5 Å². The number of amides is 1. The maximum atomic E-state index is 15.1. The molecule has 0 radical (unpaired) electrons. The van der Waals surface area contributed by atoms with E-state index in [1.807, 2.05) is 10.6 Å². The number of carbonyl (C=O) groups excluding carboxylic acids is 1. The van der Waals surface area contributed by atoms with Gasteiger partial charge in [-0.3, -0.25) is 4.79 Å². The van der Waals surface area contributed by atoms with Crippen molar-refractivity contribution in [3.8, 4) is 0 Å². The monoisotopic (exact) mass is 450 g/mol.